The topological polar surface area (TPSA) is 38.3 Å². The van der Waals surface area contributed by atoms with Crippen LogP contribution in [0.4, 0.5) is 0 Å². The number of ether oxygens (including phenoxy) is 1. The summed E-state index contributed by atoms with van der Waals surface area (Å²) < 4.78 is 5.96. The first kappa shape index (κ1) is 16.3. The van der Waals surface area contributed by atoms with Crippen LogP contribution in [0.5, 0.6) is 5.75 Å². The molecule has 4 bridgehead atoms. The van der Waals surface area contributed by atoms with E-state index in [0.29, 0.717) is 10.8 Å². The highest BCUT2D eigenvalue weighted by atomic mass is 35.5. The third-order valence-corrected chi connectivity index (χ3v) is 6.40. The van der Waals surface area contributed by atoms with Gasteiger partial charge in [0.25, 0.3) is 5.91 Å². The molecule has 0 saturated heterocycles. The predicted molar refractivity (Wildman–Crippen MR) is 95.2 cm³/mol. The Morgan fingerprint density at radius 2 is 1.58 bits per heavy atom. The molecule has 4 saturated carbocycles. The Balaban J connectivity index is 1.46. The van der Waals surface area contributed by atoms with Gasteiger partial charge in [-0.1, -0.05) is 11.6 Å². The molecule has 0 unspecified atom stereocenters. The summed E-state index contributed by atoms with van der Waals surface area (Å²) in [6.45, 7) is 3.69. The van der Waals surface area contributed by atoms with Crippen LogP contribution in [0.2, 0.25) is 5.02 Å². The second kappa shape index (κ2) is 5.66. The summed E-state index contributed by atoms with van der Waals surface area (Å²) in [5.41, 5.74) is -0.871. The Morgan fingerprint density at radius 1 is 1.08 bits per heavy atom. The van der Waals surface area contributed by atoms with Crippen molar-refractivity contribution in [2.45, 2.75) is 63.5 Å². The van der Waals surface area contributed by atoms with Crippen molar-refractivity contribution >= 4 is 17.5 Å². The summed E-state index contributed by atoms with van der Waals surface area (Å²) >= 11 is 5.91. The van der Waals surface area contributed by atoms with Crippen molar-refractivity contribution in [3.05, 3.63) is 29.3 Å². The fraction of sp³-hybridized carbons (Fsp3) is 0.650. The van der Waals surface area contributed by atoms with E-state index in [2.05, 4.69) is 5.32 Å². The van der Waals surface area contributed by atoms with Gasteiger partial charge in [0.2, 0.25) is 0 Å². The van der Waals surface area contributed by atoms with E-state index >= 15 is 0 Å². The highest BCUT2D eigenvalue weighted by Crippen LogP contribution is 2.55. The molecule has 0 radical (unpaired) electrons. The Bertz CT molecular complexity index is 602. The van der Waals surface area contributed by atoms with Gasteiger partial charge >= 0.3 is 0 Å². The molecule has 5 rings (SSSR count). The molecule has 1 N–H and O–H groups in total. The van der Waals surface area contributed by atoms with Gasteiger partial charge in [-0.15, -0.1) is 0 Å². The summed E-state index contributed by atoms with van der Waals surface area (Å²) in [6, 6.07) is 7.18. The van der Waals surface area contributed by atoms with E-state index in [1.165, 1.54) is 19.3 Å². The maximum absolute atomic E-state index is 13.0. The van der Waals surface area contributed by atoms with Crippen LogP contribution < -0.4 is 10.1 Å². The molecule has 0 atom stereocenters. The van der Waals surface area contributed by atoms with Crippen molar-refractivity contribution < 1.29 is 9.53 Å². The average molecular weight is 348 g/mol. The second-order valence-electron chi connectivity index (χ2n) is 8.72. The van der Waals surface area contributed by atoms with E-state index in [0.717, 1.165) is 37.0 Å². The maximum atomic E-state index is 13.0. The SMILES string of the molecule is CC(C)(Oc1ccc(Cl)cc1)C(=O)NC12CC3CC(CC(C3)C1)C2. The highest BCUT2D eigenvalue weighted by molar-refractivity contribution is 6.30. The van der Waals surface area contributed by atoms with E-state index in [4.69, 9.17) is 16.3 Å². The first-order chi connectivity index (χ1) is 11.3. The summed E-state index contributed by atoms with van der Waals surface area (Å²) in [5.74, 6) is 3.12. The zero-order chi connectivity index (χ0) is 16.9. The summed E-state index contributed by atoms with van der Waals surface area (Å²) in [4.78, 5) is 13.0. The molecule has 4 fully saturated rings. The Kier molecular flexibility index (Phi) is 3.83. The Hall–Kier alpha value is -1.22. The van der Waals surface area contributed by atoms with Gasteiger partial charge in [0, 0.05) is 10.6 Å². The first-order valence-corrected chi connectivity index (χ1v) is 9.49. The van der Waals surface area contributed by atoms with Crippen LogP contribution in [0.15, 0.2) is 24.3 Å². The minimum atomic E-state index is -0.892. The van der Waals surface area contributed by atoms with E-state index in [1.807, 2.05) is 26.0 Å². The second-order valence-corrected chi connectivity index (χ2v) is 9.15. The minimum Gasteiger partial charge on any atom is -0.478 e. The lowest BCUT2D eigenvalue weighted by atomic mass is 9.53. The van der Waals surface area contributed by atoms with E-state index < -0.39 is 5.60 Å². The number of amides is 1. The molecule has 24 heavy (non-hydrogen) atoms. The zero-order valence-corrected chi connectivity index (χ0v) is 15.2. The van der Waals surface area contributed by atoms with Crippen LogP contribution in [0, 0.1) is 17.8 Å². The van der Waals surface area contributed by atoms with Gasteiger partial charge in [-0.3, -0.25) is 4.79 Å². The summed E-state index contributed by atoms with van der Waals surface area (Å²) in [7, 11) is 0. The minimum absolute atomic E-state index is 0.000556. The van der Waals surface area contributed by atoms with Crippen LogP contribution in [-0.4, -0.2) is 17.0 Å². The van der Waals surface area contributed by atoms with Gasteiger partial charge in [0.05, 0.1) is 0 Å². The number of hydrogen-bond donors (Lipinski definition) is 1. The number of hydrogen-bond acceptors (Lipinski definition) is 2. The van der Waals surface area contributed by atoms with Crippen molar-refractivity contribution in [3.8, 4) is 5.75 Å². The summed E-state index contributed by atoms with van der Waals surface area (Å²) in [5, 5.41) is 4.07. The molecule has 1 aromatic rings. The smallest absolute Gasteiger partial charge is 0.264 e. The normalized spacial score (nSPS) is 34.2. The molecule has 4 aliphatic rings. The van der Waals surface area contributed by atoms with Crippen LogP contribution in [0.1, 0.15) is 52.4 Å². The van der Waals surface area contributed by atoms with Crippen molar-refractivity contribution in [1.82, 2.24) is 5.32 Å². The van der Waals surface area contributed by atoms with Gasteiger partial charge < -0.3 is 10.1 Å². The van der Waals surface area contributed by atoms with Crippen molar-refractivity contribution in [3.63, 3.8) is 0 Å². The third-order valence-electron chi connectivity index (χ3n) is 6.15. The van der Waals surface area contributed by atoms with Crippen LogP contribution in [0.25, 0.3) is 0 Å². The Morgan fingerprint density at radius 3 is 2.08 bits per heavy atom. The van der Waals surface area contributed by atoms with Gasteiger partial charge in [0.1, 0.15) is 5.75 Å². The van der Waals surface area contributed by atoms with E-state index in [9.17, 15) is 4.79 Å². The number of carbonyl (C=O) groups is 1. The van der Waals surface area contributed by atoms with Crippen LogP contribution in [-0.2, 0) is 4.79 Å². The van der Waals surface area contributed by atoms with E-state index in [-0.39, 0.29) is 11.4 Å². The molecule has 0 aliphatic heterocycles. The molecule has 1 aromatic carbocycles. The van der Waals surface area contributed by atoms with Crippen molar-refractivity contribution in [2.75, 3.05) is 0 Å². The number of carbonyl (C=O) groups excluding carboxylic acids is 1. The zero-order valence-electron chi connectivity index (χ0n) is 14.5. The molecule has 4 aliphatic carbocycles. The molecule has 1 amide bonds. The Labute approximate surface area is 149 Å². The largest absolute Gasteiger partial charge is 0.478 e. The highest BCUT2D eigenvalue weighted by Gasteiger charge is 2.52. The van der Waals surface area contributed by atoms with Gasteiger partial charge in [-0.2, -0.15) is 0 Å². The lowest BCUT2D eigenvalue weighted by molar-refractivity contribution is -0.140. The molecule has 4 heteroatoms. The van der Waals surface area contributed by atoms with E-state index in [1.54, 1.807) is 12.1 Å². The van der Waals surface area contributed by atoms with Gasteiger partial charge in [-0.25, -0.2) is 0 Å². The van der Waals surface area contributed by atoms with Crippen molar-refractivity contribution in [2.24, 2.45) is 17.8 Å². The molecule has 0 aromatic heterocycles. The number of halogens is 1. The molecule has 130 valence electrons. The molecular formula is C20H26ClNO2. The summed E-state index contributed by atoms with van der Waals surface area (Å²) in [6.07, 6.45) is 7.59. The average Bonchev–Trinajstić information content (AvgIpc) is 2.47. The van der Waals surface area contributed by atoms with Crippen LogP contribution in [0.3, 0.4) is 0 Å². The lowest BCUT2D eigenvalue weighted by Crippen LogP contribution is -2.63. The van der Waals surface area contributed by atoms with Gasteiger partial charge in [0.15, 0.2) is 5.60 Å². The van der Waals surface area contributed by atoms with Crippen LogP contribution >= 0.6 is 11.6 Å². The number of rotatable bonds is 4. The monoisotopic (exact) mass is 347 g/mol. The number of benzene rings is 1. The fourth-order valence-corrected chi connectivity index (χ4v) is 5.62. The lowest BCUT2D eigenvalue weighted by Gasteiger charge is -2.57. The van der Waals surface area contributed by atoms with Gasteiger partial charge in [-0.05, 0) is 94.4 Å². The molecule has 0 spiro atoms. The first-order valence-electron chi connectivity index (χ1n) is 9.11. The molecule has 0 heterocycles. The fourth-order valence-electron chi connectivity index (χ4n) is 5.50. The maximum Gasteiger partial charge on any atom is 0.264 e. The third kappa shape index (κ3) is 3.03. The molecule has 3 nitrogen and oxygen atoms in total. The quantitative estimate of drug-likeness (QED) is 0.865. The predicted octanol–water partition coefficient (Wildman–Crippen LogP) is 4.58. The molecular weight excluding hydrogens is 322 g/mol. The van der Waals surface area contributed by atoms with Crippen molar-refractivity contribution in [1.29, 1.82) is 0 Å². The number of nitrogens with one attached hydrogen (secondary N) is 1. The standard InChI is InChI=1S/C20H26ClNO2/c1-19(2,24-17-5-3-16(21)4-6-17)18(23)22-20-10-13-7-14(11-20)9-15(8-13)12-20/h3-6,13-15H,7-12H2,1-2H3,(H,22,23).